The third kappa shape index (κ3) is 2.71. The molecule has 0 aliphatic carbocycles. The molecule has 0 aromatic carbocycles. The lowest BCUT2D eigenvalue weighted by Gasteiger charge is -2.21. The fourth-order valence-electron chi connectivity index (χ4n) is 2.25. The van der Waals surface area contributed by atoms with E-state index in [0.29, 0.717) is 11.6 Å². The van der Waals surface area contributed by atoms with Gasteiger partial charge in [0.25, 0.3) is 5.91 Å². The summed E-state index contributed by atoms with van der Waals surface area (Å²) in [6.07, 6.45) is 5.23. The van der Waals surface area contributed by atoms with Gasteiger partial charge in [-0.2, -0.15) is 0 Å². The summed E-state index contributed by atoms with van der Waals surface area (Å²) in [5, 5.41) is 2.85. The van der Waals surface area contributed by atoms with Crippen molar-refractivity contribution in [2.75, 3.05) is 13.2 Å². The highest BCUT2D eigenvalue weighted by atomic mass is 16.5. The molecular formula is C14H15N3O2. The summed E-state index contributed by atoms with van der Waals surface area (Å²) in [5.41, 5.74) is 1.17. The molecule has 1 N–H and O–H groups in total. The Morgan fingerprint density at radius 2 is 2.16 bits per heavy atom. The monoisotopic (exact) mass is 257 g/mol. The van der Waals surface area contributed by atoms with E-state index in [9.17, 15) is 4.79 Å². The molecular weight excluding hydrogens is 242 g/mol. The number of ether oxygens (including phenoxy) is 1. The molecule has 98 valence electrons. The number of hydrogen-bond donors (Lipinski definition) is 1. The minimum absolute atomic E-state index is 0.146. The normalized spacial score (nSPS) is 22.4. The molecule has 2 aliphatic rings. The van der Waals surface area contributed by atoms with Crippen LogP contribution in [0, 0.1) is 5.92 Å². The van der Waals surface area contributed by atoms with Gasteiger partial charge in [0.15, 0.2) is 0 Å². The average Bonchev–Trinajstić information content (AvgIpc) is 2.82. The third-order valence-corrected chi connectivity index (χ3v) is 3.30. The maximum Gasteiger partial charge on any atom is 0.275 e. The van der Waals surface area contributed by atoms with Crippen LogP contribution in [0.3, 0.4) is 0 Å². The summed E-state index contributed by atoms with van der Waals surface area (Å²) in [6, 6.07) is 5.57. The van der Waals surface area contributed by atoms with E-state index in [1.165, 1.54) is 0 Å². The molecule has 19 heavy (non-hydrogen) atoms. The lowest BCUT2D eigenvalue weighted by atomic mass is 9.99. The van der Waals surface area contributed by atoms with Crippen molar-refractivity contribution in [1.29, 1.82) is 0 Å². The Morgan fingerprint density at radius 1 is 1.32 bits per heavy atom. The number of carbonyl (C=O) groups is 1. The van der Waals surface area contributed by atoms with Gasteiger partial charge in [0.05, 0.1) is 5.69 Å². The van der Waals surface area contributed by atoms with E-state index >= 15 is 0 Å². The molecule has 3 heterocycles. The Labute approximate surface area is 111 Å². The molecule has 5 nitrogen and oxygen atoms in total. The van der Waals surface area contributed by atoms with Gasteiger partial charge in [-0.15, -0.1) is 0 Å². The van der Waals surface area contributed by atoms with Crippen LogP contribution in [0.5, 0.6) is 0 Å². The van der Waals surface area contributed by atoms with Gasteiger partial charge in [-0.05, 0) is 31.1 Å². The molecule has 1 amide bonds. The Hall–Kier alpha value is -2.01. The standard InChI is InChI=1S/C14H15N3O2/c18-14-12(9-11-3-1-2-6-15-11)16-13(17-14)10-4-7-19-8-5-10/h1-3,6,9-10H,4-5,7-8H2,(H,16,17,18)/b12-9+. The first-order valence-electron chi connectivity index (χ1n) is 6.43. The van der Waals surface area contributed by atoms with Crippen LogP contribution in [0.15, 0.2) is 35.1 Å². The van der Waals surface area contributed by atoms with Crippen LogP contribution in [0.25, 0.3) is 6.08 Å². The smallest absolute Gasteiger partial charge is 0.275 e. The molecule has 0 radical (unpaired) electrons. The molecule has 0 spiro atoms. The molecule has 0 atom stereocenters. The minimum atomic E-state index is -0.146. The Morgan fingerprint density at radius 3 is 2.89 bits per heavy atom. The van der Waals surface area contributed by atoms with Crippen LogP contribution in [0.1, 0.15) is 18.5 Å². The Balaban J connectivity index is 1.81. The van der Waals surface area contributed by atoms with Gasteiger partial charge < -0.3 is 10.1 Å². The zero-order chi connectivity index (χ0) is 13.1. The molecule has 2 aliphatic heterocycles. The predicted octanol–water partition coefficient (Wildman–Crippen LogP) is 1.38. The molecule has 5 heteroatoms. The number of aromatic nitrogens is 1. The molecule has 1 fully saturated rings. The van der Waals surface area contributed by atoms with Crippen LogP contribution in [0.2, 0.25) is 0 Å². The molecule has 0 saturated carbocycles. The van der Waals surface area contributed by atoms with E-state index in [2.05, 4.69) is 15.3 Å². The van der Waals surface area contributed by atoms with Gasteiger partial charge in [-0.25, -0.2) is 4.99 Å². The van der Waals surface area contributed by atoms with Crippen molar-refractivity contribution in [1.82, 2.24) is 10.3 Å². The first kappa shape index (κ1) is 12.0. The summed E-state index contributed by atoms with van der Waals surface area (Å²) in [4.78, 5) is 20.5. The van der Waals surface area contributed by atoms with Gasteiger partial charge >= 0.3 is 0 Å². The van der Waals surface area contributed by atoms with E-state index in [4.69, 9.17) is 4.74 Å². The summed E-state index contributed by atoms with van der Waals surface area (Å²) >= 11 is 0. The van der Waals surface area contributed by atoms with Crippen molar-refractivity contribution >= 4 is 17.8 Å². The maximum atomic E-state index is 11.9. The largest absolute Gasteiger partial charge is 0.381 e. The minimum Gasteiger partial charge on any atom is -0.381 e. The number of rotatable bonds is 2. The van der Waals surface area contributed by atoms with Gasteiger partial charge in [-0.1, -0.05) is 6.07 Å². The number of amidine groups is 1. The van der Waals surface area contributed by atoms with Crippen molar-refractivity contribution in [2.45, 2.75) is 12.8 Å². The van der Waals surface area contributed by atoms with Crippen LogP contribution >= 0.6 is 0 Å². The van der Waals surface area contributed by atoms with Crippen molar-refractivity contribution in [2.24, 2.45) is 10.9 Å². The second-order valence-corrected chi connectivity index (χ2v) is 4.62. The highest BCUT2D eigenvalue weighted by Gasteiger charge is 2.27. The van der Waals surface area contributed by atoms with Crippen LogP contribution in [-0.2, 0) is 9.53 Å². The molecule has 1 saturated heterocycles. The van der Waals surface area contributed by atoms with Crippen molar-refractivity contribution < 1.29 is 9.53 Å². The topological polar surface area (TPSA) is 63.6 Å². The number of hydrogen-bond acceptors (Lipinski definition) is 4. The van der Waals surface area contributed by atoms with Crippen LogP contribution in [-0.4, -0.2) is 29.9 Å². The first-order valence-corrected chi connectivity index (χ1v) is 6.43. The fourth-order valence-corrected chi connectivity index (χ4v) is 2.25. The molecule has 1 aromatic rings. The third-order valence-electron chi connectivity index (χ3n) is 3.30. The van der Waals surface area contributed by atoms with E-state index in [1.54, 1.807) is 12.3 Å². The van der Waals surface area contributed by atoms with Gasteiger partial charge in [0.2, 0.25) is 0 Å². The number of amides is 1. The lowest BCUT2D eigenvalue weighted by molar-refractivity contribution is -0.115. The molecule has 0 bridgehead atoms. The molecule has 3 rings (SSSR count). The Bertz CT molecular complexity index is 531. The number of nitrogens with zero attached hydrogens (tertiary/aromatic N) is 2. The second kappa shape index (κ2) is 5.32. The predicted molar refractivity (Wildman–Crippen MR) is 71.3 cm³/mol. The summed E-state index contributed by atoms with van der Waals surface area (Å²) in [7, 11) is 0. The maximum absolute atomic E-state index is 11.9. The van der Waals surface area contributed by atoms with Gasteiger partial charge in [0.1, 0.15) is 11.5 Å². The second-order valence-electron chi connectivity index (χ2n) is 4.62. The van der Waals surface area contributed by atoms with Gasteiger partial charge in [0, 0.05) is 25.3 Å². The number of carbonyl (C=O) groups excluding carboxylic acids is 1. The SMILES string of the molecule is O=C1NC(C2CCOCC2)=N/C1=C/c1ccccn1. The zero-order valence-electron chi connectivity index (χ0n) is 10.5. The lowest BCUT2D eigenvalue weighted by Crippen LogP contribution is -2.33. The average molecular weight is 257 g/mol. The molecule has 1 aromatic heterocycles. The summed E-state index contributed by atoms with van der Waals surface area (Å²) < 4.78 is 5.32. The van der Waals surface area contributed by atoms with E-state index in [-0.39, 0.29) is 5.91 Å². The van der Waals surface area contributed by atoms with E-state index < -0.39 is 0 Å². The van der Waals surface area contributed by atoms with Crippen LogP contribution < -0.4 is 5.32 Å². The number of aliphatic imine (C=N–C) groups is 1. The number of nitrogens with one attached hydrogen (secondary N) is 1. The molecule has 0 unspecified atom stereocenters. The fraction of sp³-hybridized carbons (Fsp3) is 0.357. The quantitative estimate of drug-likeness (QED) is 0.814. The first-order chi connectivity index (χ1) is 9.33. The highest BCUT2D eigenvalue weighted by molar-refractivity contribution is 6.14. The van der Waals surface area contributed by atoms with Crippen molar-refractivity contribution in [3.8, 4) is 0 Å². The van der Waals surface area contributed by atoms with Crippen molar-refractivity contribution in [3.05, 3.63) is 35.8 Å². The summed E-state index contributed by atoms with van der Waals surface area (Å²) in [5.74, 6) is 0.926. The van der Waals surface area contributed by atoms with E-state index in [1.807, 2.05) is 18.2 Å². The van der Waals surface area contributed by atoms with E-state index in [0.717, 1.165) is 37.6 Å². The Kier molecular flexibility index (Phi) is 3.37. The zero-order valence-corrected chi connectivity index (χ0v) is 10.5. The summed E-state index contributed by atoms with van der Waals surface area (Å²) in [6.45, 7) is 1.47. The van der Waals surface area contributed by atoms with Gasteiger partial charge in [-0.3, -0.25) is 9.78 Å². The highest BCUT2D eigenvalue weighted by Crippen LogP contribution is 2.20. The van der Waals surface area contributed by atoms with Crippen molar-refractivity contribution in [3.63, 3.8) is 0 Å². The number of pyridine rings is 1. The van der Waals surface area contributed by atoms with Crippen LogP contribution in [0.4, 0.5) is 0 Å².